The largest absolute Gasteiger partial charge is 0.300 e. The van der Waals surface area contributed by atoms with Crippen molar-refractivity contribution in [3.05, 3.63) is 36.5 Å². The smallest absolute Gasteiger partial charge is 0.129 e. The standard InChI is InChI=1S/C17H28O/c1-3-4-5-6-7-8-9-10-11-12-13-14-15-16-17(2)18/h5-6,8-9,11-12H,3-4,7,10,13-16H2,1-2H3/b6-5-,9-8-,12-11-. The summed E-state index contributed by atoms with van der Waals surface area (Å²) in [6.07, 6.45) is 21.8. The lowest BCUT2D eigenvalue weighted by molar-refractivity contribution is -0.117. The Morgan fingerprint density at radius 2 is 1.39 bits per heavy atom. The number of carbonyl (C=O) groups is 1. The van der Waals surface area contributed by atoms with E-state index in [-0.39, 0.29) is 0 Å². The molecule has 0 unspecified atom stereocenters. The van der Waals surface area contributed by atoms with Gasteiger partial charge in [-0.3, -0.25) is 0 Å². The van der Waals surface area contributed by atoms with Gasteiger partial charge in [0.25, 0.3) is 0 Å². The van der Waals surface area contributed by atoms with Gasteiger partial charge in [-0.25, -0.2) is 0 Å². The minimum atomic E-state index is 0.304. The second kappa shape index (κ2) is 14.0. The zero-order valence-corrected chi connectivity index (χ0v) is 12.0. The molecule has 0 saturated heterocycles. The molecule has 0 saturated carbocycles. The van der Waals surface area contributed by atoms with Crippen LogP contribution in [0.2, 0.25) is 0 Å². The number of hydrogen-bond donors (Lipinski definition) is 0. The Morgan fingerprint density at radius 3 is 1.94 bits per heavy atom. The summed E-state index contributed by atoms with van der Waals surface area (Å²) in [6.45, 7) is 3.86. The molecule has 0 spiro atoms. The Bertz CT molecular complexity index is 271. The lowest BCUT2D eigenvalue weighted by Gasteiger charge is -1.93. The van der Waals surface area contributed by atoms with Crippen LogP contribution in [0.25, 0.3) is 0 Å². The van der Waals surface area contributed by atoms with Crippen molar-refractivity contribution in [1.82, 2.24) is 0 Å². The third kappa shape index (κ3) is 14.9. The van der Waals surface area contributed by atoms with Gasteiger partial charge in [-0.2, -0.15) is 0 Å². The van der Waals surface area contributed by atoms with E-state index in [1.54, 1.807) is 6.92 Å². The third-order valence-corrected chi connectivity index (χ3v) is 2.65. The molecular weight excluding hydrogens is 220 g/mol. The van der Waals surface area contributed by atoms with Gasteiger partial charge in [-0.15, -0.1) is 0 Å². The SMILES string of the molecule is CCC/C=C\C/C=C\C/C=C\CCCCC(C)=O. The van der Waals surface area contributed by atoms with Gasteiger partial charge in [0, 0.05) is 6.42 Å². The van der Waals surface area contributed by atoms with Crippen molar-refractivity contribution >= 4 is 5.78 Å². The van der Waals surface area contributed by atoms with Gasteiger partial charge in [-0.05, 0) is 45.4 Å². The Labute approximate surface area is 113 Å². The molecule has 0 N–H and O–H groups in total. The maximum absolute atomic E-state index is 10.7. The minimum Gasteiger partial charge on any atom is -0.300 e. The Hall–Kier alpha value is -1.11. The van der Waals surface area contributed by atoms with E-state index in [4.69, 9.17) is 0 Å². The topological polar surface area (TPSA) is 17.1 Å². The number of rotatable bonds is 11. The molecule has 0 aliphatic rings. The monoisotopic (exact) mass is 248 g/mol. The molecule has 0 aromatic carbocycles. The van der Waals surface area contributed by atoms with E-state index < -0.39 is 0 Å². The second-order valence-electron chi connectivity index (χ2n) is 4.62. The first-order valence-electron chi connectivity index (χ1n) is 7.21. The van der Waals surface area contributed by atoms with Crippen LogP contribution >= 0.6 is 0 Å². The van der Waals surface area contributed by atoms with Crippen LogP contribution in [0.15, 0.2) is 36.5 Å². The van der Waals surface area contributed by atoms with E-state index in [1.165, 1.54) is 12.8 Å². The Balaban J connectivity index is 3.31. The van der Waals surface area contributed by atoms with Crippen molar-refractivity contribution in [3.63, 3.8) is 0 Å². The summed E-state index contributed by atoms with van der Waals surface area (Å²) in [4.78, 5) is 10.7. The fourth-order valence-electron chi connectivity index (χ4n) is 1.58. The molecule has 102 valence electrons. The normalized spacial score (nSPS) is 12.1. The van der Waals surface area contributed by atoms with Crippen LogP contribution in [0.1, 0.15) is 65.2 Å². The lowest BCUT2D eigenvalue weighted by Crippen LogP contribution is -1.88. The van der Waals surface area contributed by atoms with Gasteiger partial charge in [0.15, 0.2) is 0 Å². The first-order chi connectivity index (χ1) is 8.77. The fourth-order valence-corrected chi connectivity index (χ4v) is 1.58. The maximum atomic E-state index is 10.7. The molecule has 0 fully saturated rings. The number of Topliss-reactive ketones (excluding diaryl/α,β-unsaturated/α-hetero) is 1. The van der Waals surface area contributed by atoms with Gasteiger partial charge in [0.05, 0.1) is 0 Å². The van der Waals surface area contributed by atoms with E-state index in [9.17, 15) is 4.79 Å². The number of allylic oxidation sites excluding steroid dienone is 6. The van der Waals surface area contributed by atoms with Crippen molar-refractivity contribution in [2.24, 2.45) is 0 Å². The van der Waals surface area contributed by atoms with E-state index in [0.29, 0.717) is 5.78 Å². The van der Waals surface area contributed by atoms with Crippen LogP contribution in [0.5, 0.6) is 0 Å². The number of hydrogen-bond acceptors (Lipinski definition) is 1. The van der Waals surface area contributed by atoms with Gasteiger partial charge < -0.3 is 4.79 Å². The molecule has 0 heterocycles. The highest BCUT2D eigenvalue weighted by Crippen LogP contribution is 2.02. The van der Waals surface area contributed by atoms with Gasteiger partial charge in [0.2, 0.25) is 0 Å². The Kier molecular flexibility index (Phi) is 13.1. The summed E-state index contributed by atoms with van der Waals surface area (Å²) < 4.78 is 0. The van der Waals surface area contributed by atoms with Crippen molar-refractivity contribution in [2.45, 2.75) is 65.2 Å². The number of carbonyl (C=O) groups excluding carboxylic acids is 1. The number of unbranched alkanes of at least 4 members (excludes halogenated alkanes) is 3. The summed E-state index contributed by atoms with van der Waals surface area (Å²) in [5.41, 5.74) is 0. The molecule has 0 radical (unpaired) electrons. The molecule has 18 heavy (non-hydrogen) atoms. The number of ketones is 1. The predicted molar refractivity (Wildman–Crippen MR) is 80.7 cm³/mol. The first-order valence-corrected chi connectivity index (χ1v) is 7.21. The van der Waals surface area contributed by atoms with Crippen molar-refractivity contribution in [1.29, 1.82) is 0 Å². The molecule has 0 amide bonds. The molecule has 0 aliphatic heterocycles. The summed E-state index contributed by atoms with van der Waals surface area (Å²) in [7, 11) is 0. The van der Waals surface area contributed by atoms with Crippen LogP contribution < -0.4 is 0 Å². The van der Waals surface area contributed by atoms with Crippen LogP contribution in [-0.2, 0) is 4.79 Å². The van der Waals surface area contributed by atoms with Crippen molar-refractivity contribution in [2.75, 3.05) is 0 Å². The average Bonchev–Trinajstić information content (AvgIpc) is 2.34. The lowest BCUT2D eigenvalue weighted by atomic mass is 10.1. The molecule has 1 nitrogen and oxygen atoms in total. The van der Waals surface area contributed by atoms with E-state index >= 15 is 0 Å². The molecule has 0 aliphatic carbocycles. The molecule has 0 aromatic heterocycles. The van der Waals surface area contributed by atoms with E-state index in [2.05, 4.69) is 43.4 Å². The molecular formula is C17H28O. The van der Waals surface area contributed by atoms with Crippen LogP contribution in [-0.4, -0.2) is 5.78 Å². The van der Waals surface area contributed by atoms with Gasteiger partial charge in [-0.1, -0.05) is 49.8 Å². The van der Waals surface area contributed by atoms with Crippen molar-refractivity contribution < 1.29 is 4.79 Å². The van der Waals surface area contributed by atoms with Crippen LogP contribution in [0, 0.1) is 0 Å². The van der Waals surface area contributed by atoms with E-state index in [1.807, 2.05) is 0 Å². The van der Waals surface area contributed by atoms with E-state index in [0.717, 1.165) is 38.5 Å². The summed E-state index contributed by atoms with van der Waals surface area (Å²) in [6, 6.07) is 0. The molecule has 1 heteroatoms. The maximum Gasteiger partial charge on any atom is 0.129 e. The minimum absolute atomic E-state index is 0.304. The highest BCUT2D eigenvalue weighted by atomic mass is 16.1. The Morgan fingerprint density at radius 1 is 0.833 bits per heavy atom. The summed E-state index contributed by atoms with van der Waals surface area (Å²) in [5.74, 6) is 0.304. The van der Waals surface area contributed by atoms with Gasteiger partial charge in [0.1, 0.15) is 5.78 Å². The molecule has 0 aromatic rings. The second-order valence-corrected chi connectivity index (χ2v) is 4.62. The highest BCUT2D eigenvalue weighted by molar-refractivity contribution is 5.75. The summed E-state index contributed by atoms with van der Waals surface area (Å²) >= 11 is 0. The highest BCUT2D eigenvalue weighted by Gasteiger charge is 1.91. The third-order valence-electron chi connectivity index (χ3n) is 2.65. The average molecular weight is 248 g/mol. The molecule has 0 atom stereocenters. The predicted octanol–water partition coefficient (Wildman–Crippen LogP) is 5.38. The fraction of sp³-hybridized carbons (Fsp3) is 0.588. The van der Waals surface area contributed by atoms with Crippen molar-refractivity contribution in [3.8, 4) is 0 Å². The summed E-state index contributed by atoms with van der Waals surface area (Å²) in [5, 5.41) is 0. The first kappa shape index (κ1) is 16.9. The zero-order chi connectivity index (χ0) is 13.5. The van der Waals surface area contributed by atoms with Crippen LogP contribution in [0.3, 0.4) is 0 Å². The molecule has 0 bridgehead atoms. The molecule has 0 rings (SSSR count). The van der Waals surface area contributed by atoms with Gasteiger partial charge >= 0.3 is 0 Å². The zero-order valence-electron chi connectivity index (χ0n) is 12.0. The van der Waals surface area contributed by atoms with Crippen LogP contribution in [0.4, 0.5) is 0 Å². The quantitative estimate of drug-likeness (QED) is 0.354.